The van der Waals surface area contributed by atoms with E-state index in [1.54, 1.807) is 0 Å². The van der Waals surface area contributed by atoms with E-state index in [0.29, 0.717) is 31.5 Å². The lowest BCUT2D eigenvalue weighted by Gasteiger charge is -2.35. The van der Waals surface area contributed by atoms with Gasteiger partial charge in [0.05, 0.1) is 13.2 Å². The molecule has 2 heterocycles. The zero-order valence-corrected chi connectivity index (χ0v) is 17.7. The largest absolute Gasteiger partial charge is 0.379 e. The Bertz CT molecular complexity index is 688. The highest BCUT2D eigenvalue weighted by molar-refractivity contribution is 5.89. The van der Waals surface area contributed by atoms with E-state index < -0.39 is 0 Å². The number of ether oxygens (including phenoxy) is 1. The summed E-state index contributed by atoms with van der Waals surface area (Å²) in [6.07, 6.45) is 2.61. The van der Waals surface area contributed by atoms with Crippen molar-refractivity contribution in [2.75, 3.05) is 44.7 Å². The van der Waals surface area contributed by atoms with Gasteiger partial charge >= 0.3 is 6.03 Å². The molecule has 2 fully saturated rings. The van der Waals surface area contributed by atoms with Crippen molar-refractivity contribution in [2.45, 2.75) is 45.7 Å². The number of hydrogen-bond donors (Lipinski definition) is 2. The minimum Gasteiger partial charge on any atom is -0.379 e. The lowest BCUT2D eigenvalue weighted by Crippen LogP contribution is -2.49. The van der Waals surface area contributed by atoms with Gasteiger partial charge in [-0.1, -0.05) is 26.0 Å². The Balaban J connectivity index is 1.51. The Kier molecular flexibility index (Phi) is 7.89. The Morgan fingerprint density at radius 2 is 2.00 bits per heavy atom. The van der Waals surface area contributed by atoms with Crippen molar-refractivity contribution in [1.29, 1.82) is 0 Å². The molecule has 3 amide bonds. The lowest BCUT2D eigenvalue weighted by molar-refractivity contribution is -0.128. The van der Waals surface area contributed by atoms with Crippen LogP contribution in [0.1, 0.15) is 38.7 Å². The molecule has 160 valence electrons. The fraction of sp³-hybridized carbons (Fsp3) is 0.636. The van der Waals surface area contributed by atoms with Gasteiger partial charge in [0.1, 0.15) is 0 Å². The van der Waals surface area contributed by atoms with Crippen molar-refractivity contribution in [2.24, 2.45) is 5.92 Å². The predicted octanol–water partition coefficient (Wildman–Crippen LogP) is 2.68. The van der Waals surface area contributed by atoms with E-state index in [4.69, 9.17) is 4.74 Å². The third kappa shape index (κ3) is 6.72. The molecule has 1 aromatic carbocycles. The van der Waals surface area contributed by atoms with E-state index in [9.17, 15) is 9.59 Å². The number of carbonyl (C=O) groups excluding carboxylic acids is 2. The van der Waals surface area contributed by atoms with Gasteiger partial charge in [0.2, 0.25) is 5.91 Å². The quantitative estimate of drug-likeness (QED) is 0.701. The smallest absolute Gasteiger partial charge is 0.319 e. The van der Waals surface area contributed by atoms with Gasteiger partial charge in [-0.25, -0.2) is 4.79 Å². The number of benzene rings is 1. The average molecular weight is 403 g/mol. The molecule has 0 radical (unpaired) electrons. The van der Waals surface area contributed by atoms with Crippen LogP contribution in [0, 0.1) is 5.92 Å². The minimum atomic E-state index is -0.193. The Morgan fingerprint density at radius 3 is 2.69 bits per heavy atom. The number of rotatable bonds is 8. The molecule has 7 nitrogen and oxygen atoms in total. The molecule has 0 bridgehead atoms. The highest BCUT2D eigenvalue weighted by Gasteiger charge is 2.23. The van der Waals surface area contributed by atoms with Crippen LogP contribution in [-0.2, 0) is 16.1 Å². The molecule has 3 rings (SSSR count). The maximum absolute atomic E-state index is 12.5. The van der Waals surface area contributed by atoms with Gasteiger partial charge in [0, 0.05) is 50.9 Å². The Labute approximate surface area is 173 Å². The molecule has 2 aliphatic rings. The normalized spacial score (nSPS) is 18.9. The van der Waals surface area contributed by atoms with Crippen molar-refractivity contribution in [1.82, 2.24) is 15.1 Å². The summed E-state index contributed by atoms with van der Waals surface area (Å²) in [6.45, 7) is 9.80. The van der Waals surface area contributed by atoms with Crippen molar-refractivity contribution >= 4 is 17.6 Å². The minimum absolute atomic E-state index is 0.193. The molecule has 29 heavy (non-hydrogen) atoms. The van der Waals surface area contributed by atoms with E-state index in [-0.39, 0.29) is 11.9 Å². The Hall–Kier alpha value is -2.12. The summed E-state index contributed by atoms with van der Waals surface area (Å²) in [6, 6.07) is 7.85. The molecular weight excluding hydrogens is 368 g/mol. The maximum atomic E-state index is 12.5. The Morgan fingerprint density at radius 1 is 1.21 bits per heavy atom. The SMILES string of the molecule is CC(C)C[C@@H](CNC(=O)Nc1cccc(CN2CCCC2=O)c1)N1CCOCC1. The van der Waals surface area contributed by atoms with Crippen molar-refractivity contribution < 1.29 is 14.3 Å². The second kappa shape index (κ2) is 10.6. The summed E-state index contributed by atoms with van der Waals surface area (Å²) in [5.74, 6) is 0.776. The first kappa shape index (κ1) is 21.6. The van der Waals surface area contributed by atoms with Crippen LogP contribution >= 0.6 is 0 Å². The van der Waals surface area contributed by atoms with Gasteiger partial charge in [-0.3, -0.25) is 9.69 Å². The summed E-state index contributed by atoms with van der Waals surface area (Å²) >= 11 is 0. The summed E-state index contributed by atoms with van der Waals surface area (Å²) in [5, 5.41) is 5.97. The number of carbonyl (C=O) groups is 2. The third-order valence-electron chi connectivity index (χ3n) is 5.53. The summed E-state index contributed by atoms with van der Waals surface area (Å²) in [7, 11) is 0. The van der Waals surface area contributed by atoms with Crippen LogP contribution in [-0.4, -0.2) is 67.2 Å². The predicted molar refractivity (Wildman–Crippen MR) is 114 cm³/mol. The van der Waals surface area contributed by atoms with Crippen LogP contribution in [0.2, 0.25) is 0 Å². The third-order valence-corrected chi connectivity index (χ3v) is 5.53. The number of urea groups is 1. The van der Waals surface area contributed by atoms with Gasteiger partial charge in [0.25, 0.3) is 0 Å². The molecule has 2 saturated heterocycles. The first-order chi connectivity index (χ1) is 14.0. The number of nitrogens with zero attached hydrogens (tertiary/aromatic N) is 2. The lowest BCUT2D eigenvalue weighted by atomic mass is 10.0. The first-order valence-electron chi connectivity index (χ1n) is 10.7. The van der Waals surface area contributed by atoms with Crippen LogP contribution in [0.3, 0.4) is 0 Å². The van der Waals surface area contributed by atoms with Gasteiger partial charge in [0.15, 0.2) is 0 Å². The van der Waals surface area contributed by atoms with Crippen molar-refractivity contribution in [3.05, 3.63) is 29.8 Å². The van der Waals surface area contributed by atoms with Crippen LogP contribution in [0.25, 0.3) is 0 Å². The second-order valence-electron chi connectivity index (χ2n) is 8.39. The molecule has 2 aliphatic heterocycles. The number of hydrogen-bond acceptors (Lipinski definition) is 4. The summed E-state index contributed by atoms with van der Waals surface area (Å²) in [5.41, 5.74) is 1.78. The number of morpholine rings is 1. The van der Waals surface area contributed by atoms with Gasteiger partial charge in [-0.15, -0.1) is 0 Å². The van der Waals surface area contributed by atoms with E-state index in [2.05, 4.69) is 29.4 Å². The van der Waals surface area contributed by atoms with Crippen LogP contribution in [0.5, 0.6) is 0 Å². The molecule has 0 unspecified atom stereocenters. The fourth-order valence-electron chi connectivity index (χ4n) is 4.07. The molecule has 0 saturated carbocycles. The number of nitrogens with one attached hydrogen (secondary N) is 2. The van der Waals surface area contributed by atoms with Crippen LogP contribution in [0.4, 0.5) is 10.5 Å². The first-order valence-corrected chi connectivity index (χ1v) is 10.7. The highest BCUT2D eigenvalue weighted by atomic mass is 16.5. The van der Waals surface area contributed by atoms with E-state index in [1.165, 1.54) is 0 Å². The van der Waals surface area contributed by atoms with Crippen molar-refractivity contribution in [3.63, 3.8) is 0 Å². The molecule has 0 aliphatic carbocycles. The zero-order chi connectivity index (χ0) is 20.6. The van der Waals surface area contributed by atoms with Crippen molar-refractivity contribution in [3.8, 4) is 0 Å². The fourth-order valence-corrected chi connectivity index (χ4v) is 4.07. The van der Waals surface area contributed by atoms with E-state index in [0.717, 1.165) is 56.9 Å². The van der Waals surface area contributed by atoms with Gasteiger partial charge in [-0.2, -0.15) is 0 Å². The van der Waals surface area contributed by atoms with Crippen LogP contribution in [0.15, 0.2) is 24.3 Å². The summed E-state index contributed by atoms with van der Waals surface area (Å²) < 4.78 is 5.46. The van der Waals surface area contributed by atoms with E-state index in [1.807, 2.05) is 29.2 Å². The number of amides is 3. The zero-order valence-electron chi connectivity index (χ0n) is 17.7. The molecular formula is C22H34N4O3. The number of likely N-dealkylation sites (tertiary alicyclic amines) is 1. The topological polar surface area (TPSA) is 73.9 Å². The molecule has 0 aromatic heterocycles. The average Bonchev–Trinajstić information content (AvgIpc) is 3.10. The van der Waals surface area contributed by atoms with Gasteiger partial charge < -0.3 is 20.3 Å². The molecule has 0 spiro atoms. The molecule has 7 heteroatoms. The summed E-state index contributed by atoms with van der Waals surface area (Å²) in [4.78, 5) is 28.6. The monoisotopic (exact) mass is 402 g/mol. The molecule has 1 atom stereocenters. The second-order valence-corrected chi connectivity index (χ2v) is 8.39. The number of anilines is 1. The molecule has 1 aromatic rings. The van der Waals surface area contributed by atoms with E-state index >= 15 is 0 Å². The van der Waals surface area contributed by atoms with Gasteiger partial charge in [-0.05, 0) is 36.5 Å². The molecule has 2 N–H and O–H groups in total. The van der Waals surface area contributed by atoms with Crippen LogP contribution < -0.4 is 10.6 Å². The maximum Gasteiger partial charge on any atom is 0.319 e. The standard InChI is InChI=1S/C22H34N4O3/c1-17(2)13-20(25-9-11-29-12-10-25)15-23-22(28)24-19-6-3-5-18(14-19)16-26-8-4-7-21(26)27/h3,5-6,14,17,20H,4,7-13,15-16H2,1-2H3,(H2,23,24,28)/t20-/m0/s1. The highest BCUT2D eigenvalue weighted by Crippen LogP contribution is 2.17.